The van der Waals surface area contributed by atoms with Crippen LogP contribution in [0.1, 0.15) is 5.56 Å². The van der Waals surface area contributed by atoms with Crippen molar-refractivity contribution in [2.45, 2.75) is 12.6 Å². The summed E-state index contributed by atoms with van der Waals surface area (Å²) in [5.41, 5.74) is 1.10. The van der Waals surface area contributed by atoms with Crippen molar-refractivity contribution in [3.63, 3.8) is 0 Å². The SMILES string of the molecule is C=CC1COC(=O)N1Cc1ccccc1. The number of rotatable bonds is 3. The third-order valence-electron chi connectivity index (χ3n) is 2.48. The van der Waals surface area contributed by atoms with Crippen LogP contribution in [0.5, 0.6) is 0 Å². The molecule has 1 saturated heterocycles. The highest BCUT2D eigenvalue weighted by atomic mass is 16.6. The Morgan fingerprint density at radius 2 is 2.20 bits per heavy atom. The molecule has 1 heterocycles. The number of hydrogen-bond acceptors (Lipinski definition) is 2. The highest BCUT2D eigenvalue weighted by molar-refractivity contribution is 5.70. The van der Waals surface area contributed by atoms with Crippen LogP contribution < -0.4 is 0 Å². The first-order chi connectivity index (χ1) is 7.31. The molecule has 2 rings (SSSR count). The lowest BCUT2D eigenvalue weighted by molar-refractivity contribution is 0.156. The van der Waals surface area contributed by atoms with E-state index >= 15 is 0 Å². The van der Waals surface area contributed by atoms with Crippen LogP contribution in [0.25, 0.3) is 0 Å². The summed E-state index contributed by atoms with van der Waals surface area (Å²) in [5, 5.41) is 0. The Hall–Kier alpha value is -1.77. The molecule has 1 fully saturated rings. The van der Waals surface area contributed by atoms with E-state index in [1.807, 2.05) is 30.3 Å². The summed E-state index contributed by atoms with van der Waals surface area (Å²) in [6, 6.07) is 9.85. The van der Waals surface area contributed by atoms with E-state index in [4.69, 9.17) is 4.74 Å². The van der Waals surface area contributed by atoms with E-state index in [2.05, 4.69) is 6.58 Å². The minimum atomic E-state index is -0.260. The molecular formula is C12H13NO2. The van der Waals surface area contributed by atoms with Gasteiger partial charge in [0.25, 0.3) is 0 Å². The average molecular weight is 203 g/mol. The monoisotopic (exact) mass is 203 g/mol. The molecule has 3 nitrogen and oxygen atoms in total. The summed E-state index contributed by atoms with van der Waals surface area (Å²) in [6.45, 7) is 4.69. The Bertz CT molecular complexity index is 361. The number of amides is 1. The molecule has 1 atom stereocenters. The van der Waals surface area contributed by atoms with Crippen molar-refractivity contribution in [3.8, 4) is 0 Å². The number of ether oxygens (including phenoxy) is 1. The molecule has 3 heteroatoms. The predicted octanol–water partition coefficient (Wildman–Crippen LogP) is 2.19. The third kappa shape index (κ3) is 2.01. The fourth-order valence-corrected chi connectivity index (χ4v) is 1.62. The average Bonchev–Trinajstić information content (AvgIpc) is 2.62. The number of hydrogen-bond donors (Lipinski definition) is 0. The van der Waals surface area contributed by atoms with Gasteiger partial charge in [0.05, 0.1) is 6.04 Å². The van der Waals surface area contributed by atoms with Gasteiger partial charge in [0.15, 0.2) is 0 Å². The maximum Gasteiger partial charge on any atom is 0.410 e. The minimum Gasteiger partial charge on any atom is -0.447 e. The topological polar surface area (TPSA) is 29.5 Å². The van der Waals surface area contributed by atoms with Crippen molar-refractivity contribution in [1.82, 2.24) is 4.90 Å². The van der Waals surface area contributed by atoms with Crippen molar-refractivity contribution in [2.75, 3.05) is 6.61 Å². The Kier molecular flexibility index (Phi) is 2.72. The van der Waals surface area contributed by atoms with Gasteiger partial charge in [0, 0.05) is 6.54 Å². The van der Waals surface area contributed by atoms with Crippen molar-refractivity contribution in [1.29, 1.82) is 0 Å². The molecule has 1 amide bonds. The number of carbonyl (C=O) groups excluding carboxylic acids is 1. The number of benzene rings is 1. The summed E-state index contributed by atoms with van der Waals surface area (Å²) in [4.78, 5) is 13.1. The first kappa shape index (κ1) is 9.77. The molecule has 0 aliphatic carbocycles. The van der Waals surface area contributed by atoms with Gasteiger partial charge in [-0.25, -0.2) is 4.79 Å². The van der Waals surface area contributed by atoms with Crippen LogP contribution in [0, 0.1) is 0 Å². The largest absolute Gasteiger partial charge is 0.447 e. The number of cyclic esters (lactones) is 1. The summed E-state index contributed by atoms with van der Waals surface area (Å²) in [7, 11) is 0. The van der Waals surface area contributed by atoms with Crippen LogP contribution in [0.15, 0.2) is 43.0 Å². The van der Waals surface area contributed by atoms with Crippen molar-refractivity contribution in [3.05, 3.63) is 48.6 Å². The summed E-state index contributed by atoms with van der Waals surface area (Å²) >= 11 is 0. The quantitative estimate of drug-likeness (QED) is 0.705. The van der Waals surface area contributed by atoms with Crippen LogP contribution in [0.3, 0.4) is 0 Å². The van der Waals surface area contributed by atoms with E-state index in [9.17, 15) is 4.79 Å². The van der Waals surface area contributed by atoms with Gasteiger partial charge in [0.1, 0.15) is 6.61 Å². The summed E-state index contributed by atoms with van der Waals surface area (Å²) in [5.74, 6) is 0. The van der Waals surface area contributed by atoms with Gasteiger partial charge in [-0.05, 0) is 5.56 Å². The molecule has 1 aliphatic heterocycles. The Morgan fingerprint density at radius 3 is 2.87 bits per heavy atom. The lowest BCUT2D eigenvalue weighted by Crippen LogP contribution is -2.31. The molecule has 0 N–H and O–H groups in total. The number of nitrogens with zero attached hydrogens (tertiary/aromatic N) is 1. The molecule has 0 radical (unpaired) electrons. The summed E-state index contributed by atoms with van der Waals surface area (Å²) < 4.78 is 4.96. The van der Waals surface area contributed by atoms with Crippen LogP contribution in [-0.2, 0) is 11.3 Å². The van der Waals surface area contributed by atoms with Gasteiger partial charge >= 0.3 is 6.09 Å². The third-order valence-corrected chi connectivity index (χ3v) is 2.48. The van der Waals surface area contributed by atoms with E-state index in [0.29, 0.717) is 13.2 Å². The van der Waals surface area contributed by atoms with Crippen LogP contribution >= 0.6 is 0 Å². The van der Waals surface area contributed by atoms with E-state index in [1.165, 1.54) is 0 Å². The van der Waals surface area contributed by atoms with E-state index < -0.39 is 0 Å². The van der Waals surface area contributed by atoms with Crippen molar-refractivity contribution >= 4 is 6.09 Å². The lowest BCUT2D eigenvalue weighted by atomic mass is 10.2. The molecule has 0 bridgehead atoms. The predicted molar refractivity (Wildman–Crippen MR) is 57.3 cm³/mol. The second-order valence-electron chi connectivity index (χ2n) is 3.49. The first-order valence-electron chi connectivity index (χ1n) is 4.91. The zero-order valence-corrected chi connectivity index (χ0v) is 8.43. The van der Waals surface area contributed by atoms with Gasteiger partial charge in [-0.1, -0.05) is 36.4 Å². The maximum atomic E-state index is 11.4. The maximum absolute atomic E-state index is 11.4. The van der Waals surface area contributed by atoms with Crippen molar-refractivity contribution in [2.24, 2.45) is 0 Å². The van der Waals surface area contributed by atoms with E-state index in [1.54, 1.807) is 11.0 Å². The normalized spacial score (nSPS) is 20.1. The molecule has 0 saturated carbocycles. The second kappa shape index (κ2) is 4.17. The zero-order chi connectivity index (χ0) is 10.7. The summed E-state index contributed by atoms with van der Waals surface area (Å²) in [6.07, 6.45) is 1.48. The lowest BCUT2D eigenvalue weighted by Gasteiger charge is -2.18. The molecule has 15 heavy (non-hydrogen) atoms. The van der Waals surface area contributed by atoms with E-state index in [-0.39, 0.29) is 12.1 Å². The van der Waals surface area contributed by atoms with Gasteiger partial charge in [-0.15, -0.1) is 6.58 Å². The van der Waals surface area contributed by atoms with Crippen molar-refractivity contribution < 1.29 is 9.53 Å². The standard InChI is InChI=1S/C12H13NO2/c1-2-11-9-15-12(14)13(11)8-10-6-4-3-5-7-10/h2-7,11H,1,8-9H2. The van der Waals surface area contributed by atoms with Crippen LogP contribution in [-0.4, -0.2) is 23.6 Å². The van der Waals surface area contributed by atoms with Crippen LogP contribution in [0.2, 0.25) is 0 Å². The first-order valence-corrected chi connectivity index (χ1v) is 4.91. The molecule has 1 aliphatic rings. The molecule has 1 unspecified atom stereocenters. The fourth-order valence-electron chi connectivity index (χ4n) is 1.62. The smallest absolute Gasteiger partial charge is 0.410 e. The Labute approximate surface area is 89.0 Å². The zero-order valence-electron chi connectivity index (χ0n) is 8.43. The molecule has 0 aromatic heterocycles. The Morgan fingerprint density at radius 1 is 1.47 bits per heavy atom. The van der Waals surface area contributed by atoms with Gasteiger partial charge in [-0.2, -0.15) is 0 Å². The molecule has 1 aromatic carbocycles. The number of carbonyl (C=O) groups is 1. The second-order valence-corrected chi connectivity index (χ2v) is 3.49. The minimum absolute atomic E-state index is 0.00212. The Balaban J connectivity index is 2.10. The van der Waals surface area contributed by atoms with Gasteiger partial charge in [-0.3, -0.25) is 4.90 Å². The fraction of sp³-hybridized carbons (Fsp3) is 0.250. The van der Waals surface area contributed by atoms with E-state index in [0.717, 1.165) is 5.56 Å². The molecule has 1 aromatic rings. The highest BCUT2D eigenvalue weighted by Crippen LogP contribution is 2.16. The van der Waals surface area contributed by atoms with Crippen LogP contribution in [0.4, 0.5) is 4.79 Å². The molecular weight excluding hydrogens is 190 g/mol. The molecule has 78 valence electrons. The highest BCUT2D eigenvalue weighted by Gasteiger charge is 2.30. The van der Waals surface area contributed by atoms with Gasteiger partial charge < -0.3 is 4.74 Å². The molecule has 0 spiro atoms. The van der Waals surface area contributed by atoms with Gasteiger partial charge in [0.2, 0.25) is 0 Å².